The van der Waals surface area contributed by atoms with Gasteiger partial charge in [0, 0.05) is 19.5 Å². The molecule has 3 aromatic carbocycles. The van der Waals surface area contributed by atoms with Crippen LogP contribution in [0, 0.1) is 5.41 Å². The molecule has 1 heterocycles. The number of carboxylic acids is 1. The van der Waals surface area contributed by atoms with Crippen LogP contribution < -0.4 is 68.4 Å². The third kappa shape index (κ3) is 26.8. The first-order chi connectivity index (χ1) is 40.7. The van der Waals surface area contributed by atoms with Crippen LogP contribution in [0.1, 0.15) is 57.4 Å². The summed E-state index contributed by atoms with van der Waals surface area (Å²) in [7, 11) is 2.43. The molecule has 0 saturated carbocycles. The number of phosphoric acid groups is 2. The summed E-state index contributed by atoms with van der Waals surface area (Å²) in [6, 6.07) is 9.82. The maximum atomic E-state index is 14.0. The SMILES string of the molecule is C[C@@H](O)[C@H](N)C(=O)N[C@@H](CCCCN)C(=O)N1CCC[C@H]1C(=O)N[C@@H](CCCNC(=N)N)C(=O)NCC(=O)N[C@@H](Cc1ccc(Oc2ccc(OP(=O)(O)OCC[N+](C)(C)C)cc2)c(NNc2ccc(OP(=O)(O)OCC[N+](C)(C)C)cc2)c1)C(=O)O. The maximum absolute atomic E-state index is 14.0. The Morgan fingerprint density at radius 1 is 0.747 bits per heavy atom. The third-order valence-electron chi connectivity index (χ3n) is 13.1. The minimum absolute atomic E-state index is 0.00736. The number of nitrogens with one attached hydrogen (secondary N) is 8. The van der Waals surface area contributed by atoms with Crippen molar-refractivity contribution in [1.29, 1.82) is 5.41 Å². The Hall–Kier alpha value is -7.15. The van der Waals surface area contributed by atoms with E-state index < -0.39 is 94.0 Å². The molecule has 87 heavy (non-hydrogen) atoms. The summed E-state index contributed by atoms with van der Waals surface area (Å²) in [6.45, 7) is 2.01. The summed E-state index contributed by atoms with van der Waals surface area (Å²) in [5, 5.41) is 40.5. The molecule has 33 heteroatoms. The van der Waals surface area contributed by atoms with Gasteiger partial charge in [-0.25, -0.2) is 13.9 Å². The molecule has 4 rings (SSSR count). The molecule has 8 atom stereocenters. The number of hydrazine groups is 1. The molecule has 0 aliphatic carbocycles. The number of likely N-dealkylation sites (tertiary alicyclic amines) is 1. The predicted molar refractivity (Wildman–Crippen MR) is 322 cm³/mol. The first-order valence-corrected chi connectivity index (χ1v) is 31.1. The number of ether oxygens (including phenoxy) is 1. The molecule has 31 nitrogen and oxygen atoms in total. The topological polar surface area (TPSA) is 453 Å². The van der Waals surface area contributed by atoms with Crippen molar-refractivity contribution in [1.82, 2.24) is 31.5 Å². The number of carboxylic acid groups (broad SMARTS) is 1. The zero-order valence-corrected chi connectivity index (χ0v) is 52.0. The van der Waals surface area contributed by atoms with Crippen molar-refractivity contribution in [3.8, 4) is 23.0 Å². The van der Waals surface area contributed by atoms with Crippen molar-refractivity contribution in [2.75, 3.05) is 106 Å². The molecule has 3 aromatic rings. The van der Waals surface area contributed by atoms with Gasteiger partial charge in [0.05, 0.1) is 66.3 Å². The lowest BCUT2D eigenvalue weighted by atomic mass is 10.0. The second kappa shape index (κ2) is 33.8. The van der Waals surface area contributed by atoms with Crippen LogP contribution in [0.5, 0.6) is 23.0 Å². The number of phosphoric ester groups is 2. The number of amides is 5. The van der Waals surface area contributed by atoms with E-state index in [1.807, 2.05) is 42.3 Å². The second-order valence-electron chi connectivity index (χ2n) is 22.7. The van der Waals surface area contributed by atoms with Crippen LogP contribution >= 0.6 is 15.6 Å². The summed E-state index contributed by atoms with van der Waals surface area (Å²) in [5.74, 6) is -5.09. The Kier molecular flexibility index (Phi) is 28.1. The van der Waals surface area contributed by atoms with Crippen molar-refractivity contribution in [3.05, 3.63) is 72.3 Å². The van der Waals surface area contributed by atoms with E-state index in [1.165, 1.54) is 78.6 Å². The van der Waals surface area contributed by atoms with Crippen LogP contribution in [0.25, 0.3) is 0 Å². The number of hydrogen-bond donors (Lipinski definition) is 15. The molecule has 484 valence electrons. The number of carbonyl (C=O) groups is 6. The number of aliphatic carboxylic acids is 1. The maximum Gasteiger partial charge on any atom is 0.527 e. The Balaban J connectivity index is 1.50. The van der Waals surface area contributed by atoms with Crippen molar-refractivity contribution < 1.29 is 89.7 Å². The minimum atomic E-state index is -4.48. The molecule has 1 fully saturated rings. The summed E-state index contributed by atoms with van der Waals surface area (Å²) in [6.07, 6.45) is 0.426. The standard InChI is InChI=1S/C54H86N14O17P2/c1-35(69)48(56)51(73)63-42(12-8-9-25-55)52(74)66-27-11-14-45(66)50(72)62-41(13-10-26-59-54(57)58)49(71)60-34-47(70)61-44(53(75)76)33-36-15-24-46(83-38-20-22-40(23-21-38)85-87(79,80)82-31-29-68(5,6)7)43(32-36)65-64-37-16-18-39(19-17-37)84-86(77,78)81-30-28-67(2,3)4/h15-24,32,35,41-42,44-45,48,64-65,69H,8-14,25-31,33-34,55-56H2,1-7H3,(H9-2,57,58,59,60,61,62,63,70,71,72,73,75,76,77,78,79,80)/p+2/t35-,41+,42+,44+,45+,48+/m1/s1. The zero-order chi connectivity index (χ0) is 64.7. The fraction of sp³-hybridized carbons (Fsp3) is 0.537. The summed E-state index contributed by atoms with van der Waals surface area (Å²) >= 11 is 0. The Morgan fingerprint density at radius 2 is 1.32 bits per heavy atom. The molecule has 0 aromatic heterocycles. The number of rotatable bonds is 38. The van der Waals surface area contributed by atoms with E-state index in [1.54, 1.807) is 0 Å². The highest BCUT2D eigenvalue weighted by Crippen LogP contribution is 2.45. The highest BCUT2D eigenvalue weighted by molar-refractivity contribution is 7.48. The van der Waals surface area contributed by atoms with Crippen LogP contribution in [0.15, 0.2) is 66.7 Å². The number of anilines is 2. The number of nitrogens with two attached hydrogens (primary N) is 3. The molecule has 5 amide bonds. The fourth-order valence-corrected chi connectivity index (χ4v) is 9.79. The molecule has 2 unspecified atom stereocenters. The Morgan fingerprint density at radius 3 is 1.87 bits per heavy atom. The van der Waals surface area contributed by atoms with Crippen LogP contribution in [0.2, 0.25) is 0 Å². The van der Waals surface area contributed by atoms with Gasteiger partial charge in [0.15, 0.2) is 11.7 Å². The van der Waals surface area contributed by atoms with Crippen molar-refractivity contribution in [3.63, 3.8) is 0 Å². The van der Waals surface area contributed by atoms with Crippen LogP contribution in [-0.2, 0) is 53.4 Å². The number of likely N-dealkylation sites (N-methyl/N-ethyl adjacent to an activating group) is 2. The van der Waals surface area contributed by atoms with Crippen LogP contribution in [0.3, 0.4) is 0 Å². The van der Waals surface area contributed by atoms with E-state index in [4.69, 9.17) is 45.4 Å². The smallest absolute Gasteiger partial charge is 0.480 e. The van der Waals surface area contributed by atoms with Gasteiger partial charge in [-0.05, 0) is 125 Å². The number of aliphatic hydroxyl groups excluding tert-OH is 1. The summed E-state index contributed by atoms with van der Waals surface area (Å²) in [5.41, 5.74) is 23.9. The van der Waals surface area contributed by atoms with E-state index in [-0.39, 0.29) is 93.1 Å². The zero-order valence-electron chi connectivity index (χ0n) is 50.2. The normalized spacial score (nSPS) is 16.5. The molecule has 0 bridgehead atoms. The van der Waals surface area contributed by atoms with Gasteiger partial charge in [-0.3, -0.25) is 53.6 Å². The number of carbonyl (C=O) groups excluding carboxylic acids is 5. The van der Waals surface area contributed by atoms with E-state index >= 15 is 0 Å². The average molecular weight is 1270 g/mol. The molecule has 1 aliphatic rings. The fourth-order valence-electron chi connectivity index (χ4n) is 8.28. The lowest BCUT2D eigenvalue weighted by Gasteiger charge is -2.30. The molecule has 0 radical (unpaired) electrons. The van der Waals surface area contributed by atoms with Crippen molar-refractivity contribution >= 4 is 68.5 Å². The largest absolute Gasteiger partial charge is 0.527 e. The van der Waals surface area contributed by atoms with Crippen molar-refractivity contribution in [2.24, 2.45) is 17.2 Å². The number of aliphatic hydroxyl groups is 1. The van der Waals surface area contributed by atoms with Crippen LogP contribution in [0.4, 0.5) is 11.4 Å². The quantitative estimate of drug-likeness (QED) is 0.00933. The predicted octanol–water partition coefficient (Wildman–Crippen LogP) is 0.611. The van der Waals surface area contributed by atoms with E-state index in [2.05, 4.69) is 37.4 Å². The summed E-state index contributed by atoms with van der Waals surface area (Å²) in [4.78, 5) is 103. The van der Waals surface area contributed by atoms with Crippen molar-refractivity contribution in [2.45, 2.75) is 94.6 Å². The van der Waals surface area contributed by atoms with Gasteiger partial charge in [-0.15, -0.1) is 0 Å². The van der Waals surface area contributed by atoms with E-state index in [9.17, 15) is 57.9 Å². The number of nitrogens with zero attached hydrogens (tertiary/aromatic N) is 3. The Bertz CT molecular complexity index is 2880. The molecular weight excluding hydrogens is 1180 g/mol. The molecule has 18 N–H and O–H groups in total. The average Bonchev–Trinajstić information content (AvgIpc) is 2.66. The lowest BCUT2D eigenvalue weighted by Crippen LogP contribution is -2.58. The minimum Gasteiger partial charge on any atom is -0.480 e. The number of unbranched alkanes of at least 4 members (excludes halogenated alkanes) is 1. The first-order valence-electron chi connectivity index (χ1n) is 28.1. The number of guanidine groups is 1. The van der Waals surface area contributed by atoms with Crippen LogP contribution in [-0.4, -0.2) is 206 Å². The van der Waals surface area contributed by atoms with E-state index in [0.29, 0.717) is 59.1 Å². The molecule has 0 spiro atoms. The van der Waals surface area contributed by atoms with Gasteiger partial charge < -0.3 is 87.1 Å². The number of benzene rings is 3. The number of quaternary nitrogens is 2. The van der Waals surface area contributed by atoms with Gasteiger partial charge in [0.25, 0.3) is 0 Å². The highest BCUT2D eigenvalue weighted by Gasteiger charge is 2.39. The third-order valence-corrected chi connectivity index (χ3v) is 15.0. The monoisotopic (exact) mass is 1270 g/mol. The Labute approximate surface area is 506 Å². The molecule has 1 aliphatic heterocycles. The van der Waals surface area contributed by atoms with Gasteiger partial charge in [-0.1, -0.05) is 6.07 Å². The summed E-state index contributed by atoms with van der Waals surface area (Å²) < 4.78 is 53.2. The highest BCUT2D eigenvalue weighted by atomic mass is 31.2. The first kappa shape index (κ1) is 72.3. The van der Waals surface area contributed by atoms with Gasteiger partial charge >= 0.3 is 21.6 Å². The molecular formula is C54H88N14O17P2+2. The lowest BCUT2D eigenvalue weighted by molar-refractivity contribution is -0.870. The van der Waals surface area contributed by atoms with Gasteiger partial charge in [0.2, 0.25) is 29.5 Å². The second-order valence-corrected chi connectivity index (χ2v) is 25.5. The van der Waals surface area contributed by atoms with E-state index in [0.717, 1.165) is 0 Å². The molecule has 1 saturated heterocycles. The van der Waals surface area contributed by atoms with Gasteiger partial charge in [-0.2, -0.15) is 0 Å². The van der Waals surface area contributed by atoms with Gasteiger partial charge in [0.1, 0.15) is 73.8 Å². The number of hydrogen-bond acceptors (Lipinski definition) is 19.